The van der Waals surface area contributed by atoms with E-state index >= 15 is 0 Å². The Balaban J connectivity index is 3.92. The minimum Gasteiger partial charge on any atom is -0.416 e. The van der Waals surface area contributed by atoms with Crippen molar-refractivity contribution in [2.75, 3.05) is 19.8 Å². The predicted molar refractivity (Wildman–Crippen MR) is 72.3 cm³/mol. The monoisotopic (exact) mass is 247 g/mol. The molecule has 0 fully saturated rings. The maximum atomic E-state index is 9.09. The highest BCUT2D eigenvalue weighted by Crippen LogP contribution is 2.36. The molecule has 2 N–H and O–H groups in total. The van der Waals surface area contributed by atoms with Gasteiger partial charge in [0.15, 0.2) is 8.32 Å². The molecule has 0 spiro atoms. The van der Waals surface area contributed by atoms with Crippen molar-refractivity contribution in [2.24, 2.45) is 0 Å². The molecule has 0 amide bonds. The van der Waals surface area contributed by atoms with Gasteiger partial charge in [0.2, 0.25) is 0 Å². The highest BCUT2D eigenvalue weighted by Gasteiger charge is 2.36. The van der Waals surface area contributed by atoms with Crippen LogP contribution in [-0.2, 0) is 4.43 Å². The molecule has 0 aromatic heterocycles. The van der Waals surface area contributed by atoms with E-state index in [4.69, 9.17) is 9.53 Å². The van der Waals surface area contributed by atoms with Gasteiger partial charge >= 0.3 is 0 Å². The second-order valence-electron chi connectivity index (χ2n) is 6.58. The SMILES string of the molecule is CC(C)(CO)NCCO[Si](C)(C)C(C)(C)C. The number of hydrogen-bond donors (Lipinski definition) is 2. The van der Waals surface area contributed by atoms with E-state index < -0.39 is 8.32 Å². The van der Waals surface area contributed by atoms with Crippen LogP contribution in [0.4, 0.5) is 0 Å². The van der Waals surface area contributed by atoms with Crippen LogP contribution in [0.1, 0.15) is 34.6 Å². The Morgan fingerprint density at radius 1 is 1.12 bits per heavy atom. The molecule has 0 unspecified atom stereocenters. The molecule has 4 heteroatoms. The molecule has 0 saturated carbocycles. The fraction of sp³-hybridized carbons (Fsp3) is 1.00. The molecule has 16 heavy (non-hydrogen) atoms. The Kier molecular flexibility index (Phi) is 5.66. The lowest BCUT2D eigenvalue weighted by Gasteiger charge is -2.36. The van der Waals surface area contributed by atoms with Gasteiger partial charge in [0.25, 0.3) is 0 Å². The lowest BCUT2D eigenvalue weighted by Crippen LogP contribution is -2.47. The van der Waals surface area contributed by atoms with E-state index in [0.29, 0.717) is 0 Å². The quantitative estimate of drug-likeness (QED) is 0.559. The summed E-state index contributed by atoms with van der Waals surface area (Å²) in [6, 6.07) is 0. The fourth-order valence-electron chi connectivity index (χ4n) is 0.968. The first-order valence-corrected chi connectivity index (χ1v) is 8.92. The maximum absolute atomic E-state index is 9.09. The van der Waals surface area contributed by atoms with Gasteiger partial charge in [0.1, 0.15) is 0 Å². The Hall–Kier alpha value is 0.0969. The summed E-state index contributed by atoms with van der Waals surface area (Å²) >= 11 is 0. The molecule has 98 valence electrons. The minimum absolute atomic E-state index is 0.146. The molecule has 0 atom stereocenters. The van der Waals surface area contributed by atoms with Crippen LogP contribution in [0.15, 0.2) is 0 Å². The van der Waals surface area contributed by atoms with Crippen LogP contribution in [0.2, 0.25) is 18.1 Å². The van der Waals surface area contributed by atoms with Crippen molar-refractivity contribution in [3.8, 4) is 0 Å². The average Bonchev–Trinajstić information content (AvgIpc) is 2.11. The summed E-state index contributed by atoms with van der Waals surface area (Å²) < 4.78 is 6.03. The first kappa shape index (κ1) is 16.1. The van der Waals surface area contributed by atoms with E-state index in [1.54, 1.807) is 0 Å². The molecule has 0 bridgehead atoms. The van der Waals surface area contributed by atoms with Crippen molar-refractivity contribution < 1.29 is 9.53 Å². The van der Waals surface area contributed by atoms with Gasteiger partial charge in [-0.25, -0.2) is 0 Å². The molecule has 3 nitrogen and oxygen atoms in total. The number of nitrogens with one attached hydrogen (secondary N) is 1. The number of aliphatic hydroxyl groups excluding tert-OH is 1. The number of aliphatic hydroxyl groups is 1. The summed E-state index contributed by atoms with van der Waals surface area (Å²) in [5.74, 6) is 0. The van der Waals surface area contributed by atoms with E-state index in [0.717, 1.165) is 13.2 Å². The van der Waals surface area contributed by atoms with Gasteiger partial charge in [-0.3, -0.25) is 0 Å². The second-order valence-corrected chi connectivity index (χ2v) is 11.4. The minimum atomic E-state index is -1.61. The molecule has 0 rings (SSSR count). The summed E-state index contributed by atoms with van der Waals surface area (Å²) in [5.41, 5.74) is -0.212. The summed E-state index contributed by atoms with van der Waals surface area (Å²) in [7, 11) is -1.61. The van der Waals surface area contributed by atoms with Crippen molar-refractivity contribution in [1.29, 1.82) is 0 Å². The molecule has 0 saturated heterocycles. The maximum Gasteiger partial charge on any atom is 0.192 e. The topological polar surface area (TPSA) is 41.5 Å². The molecule has 0 aromatic rings. The largest absolute Gasteiger partial charge is 0.416 e. The summed E-state index contributed by atoms with van der Waals surface area (Å²) in [6.45, 7) is 16.9. The van der Waals surface area contributed by atoms with Crippen molar-refractivity contribution in [1.82, 2.24) is 5.32 Å². The van der Waals surface area contributed by atoms with Crippen molar-refractivity contribution >= 4 is 8.32 Å². The number of hydrogen-bond acceptors (Lipinski definition) is 3. The van der Waals surface area contributed by atoms with E-state index in [2.05, 4.69) is 39.2 Å². The van der Waals surface area contributed by atoms with Crippen LogP contribution < -0.4 is 5.32 Å². The average molecular weight is 247 g/mol. The summed E-state index contributed by atoms with van der Waals surface area (Å²) in [6.07, 6.45) is 0. The van der Waals surface area contributed by atoms with E-state index in [9.17, 15) is 0 Å². The normalized spacial score (nSPS) is 14.2. The van der Waals surface area contributed by atoms with Crippen molar-refractivity contribution in [2.45, 2.75) is 58.3 Å². The Morgan fingerprint density at radius 2 is 1.62 bits per heavy atom. The molecule has 0 aliphatic rings. The predicted octanol–water partition coefficient (Wildman–Crippen LogP) is 2.37. The van der Waals surface area contributed by atoms with Crippen molar-refractivity contribution in [3.05, 3.63) is 0 Å². The van der Waals surface area contributed by atoms with Gasteiger partial charge < -0.3 is 14.8 Å². The zero-order valence-electron chi connectivity index (χ0n) is 12.0. The van der Waals surface area contributed by atoms with E-state index in [1.807, 2.05) is 13.8 Å². The molecule has 0 aromatic carbocycles. The van der Waals surface area contributed by atoms with E-state index in [1.165, 1.54) is 0 Å². The molecule has 0 aliphatic carbocycles. The zero-order chi connectivity index (χ0) is 13.0. The lowest BCUT2D eigenvalue weighted by molar-refractivity contribution is 0.178. The fourth-order valence-corrected chi connectivity index (χ4v) is 2.01. The van der Waals surface area contributed by atoms with Gasteiger partial charge in [-0.2, -0.15) is 0 Å². The summed E-state index contributed by atoms with van der Waals surface area (Å²) in [5, 5.41) is 12.6. The molecule has 0 heterocycles. The first-order valence-electron chi connectivity index (χ1n) is 6.02. The second kappa shape index (κ2) is 5.62. The van der Waals surface area contributed by atoms with Crippen LogP contribution in [0.25, 0.3) is 0 Å². The van der Waals surface area contributed by atoms with Crippen molar-refractivity contribution in [3.63, 3.8) is 0 Å². The highest BCUT2D eigenvalue weighted by atomic mass is 28.4. The first-order chi connectivity index (χ1) is 7.02. The van der Waals surface area contributed by atoms with Crippen LogP contribution in [-0.4, -0.2) is 38.7 Å². The van der Waals surface area contributed by atoms with Gasteiger partial charge in [0.05, 0.1) is 6.61 Å². The molecule has 0 aliphatic heterocycles. The Bertz CT molecular complexity index is 210. The van der Waals surface area contributed by atoms with Crippen LogP contribution >= 0.6 is 0 Å². The van der Waals surface area contributed by atoms with Crippen LogP contribution in [0.5, 0.6) is 0 Å². The molecule has 0 radical (unpaired) electrons. The third-order valence-corrected chi connectivity index (χ3v) is 7.91. The van der Waals surface area contributed by atoms with Crippen LogP contribution in [0.3, 0.4) is 0 Å². The van der Waals surface area contributed by atoms with Gasteiger partial charge in [-0.05, 0) is 32.0 Å². The Labute approximate surface area is 102 Å². The van der Waals surface area contributed by atoms with Crippen LogP contribution in [0, 0.1) is 0 Å². The van der Waals surface area contributed by atoms with Gasteiger partial charge in [0, 0.05) is 18.7 Å². The van der Waals surface area contributed by atoms with Gasteiger partial charge in [-0.15, -0.1) is 0 Å². The zero-order valence-corrected chi connectivity index (χ0v) is 13.0. The van der Waals surface area contributed by atoms with E-state index in [-0.39, 0.29) is 17.2 Å². The number of rotatable bonds is 6. The Morgan fingerprint density at radius 3 is 2.00 bits per heavy atom. The van der Waals surface area contributed by atoms with Gasteiger partial charge in [-0.1, -0.05) is 20.8 Å². The summed E-state index contributed by atoms with van der Waals surface area (Å²) in [4.78, 5) is 0. The standard InChI is InChI=1S/C12H29NO2Si/c1-11(2,3)16(6,7)15-9-8-13-12(4,5)10-14/h13-14H,8-10H2,1-7H3. The third kappa shape index (κ3) is 5.43. The molecular weight excluding hydrogens is 218 g/mol. The smallest absolute Gasteiger partial charge is 0.192 e. The lowest BCUT2D eigenvalue weighted by atomic mass is 10.1. The molecular formula is C12H29NO2Si. The third-order valence-electron chi connectivity index (χ3n) is 3.37. The highest BCUT2D eigenvalue weighted by molar-refractivity contribution is 6.74.